The van der Waals surface area contributed by atoms with E-state index in [1.165, 1.54) is 0 Å². The molecule has 1 heterocycles. The smallest absolute Gasteiger partial charge is 0.262 e. The van der Waals surface area contributed by atoms with Gasteiger partial charge in [-0.05, 0) is 62.2 Å². The van der Waals surface area contributed by atoms with Crippen LogP contribution in [0.4, 0.5) is 5.69 Å². The van der Waals surface area contributed by atoms with Gasteiger partial charge in [0.1, 0.15) is 11.6 Å². The normalized spacial score (nSPS) is 11.7. The number of hydrogen-bond donors (Lipinski definition) is 2. The van der Waals surface area contributed by atoms with Crippen molar-refractivity contribution in [2.75, 3.05) is 11.8 Å². The predicted molar refractivity (Wildman–Crippen MR) is 94.1 cm³/mol. The molecule has 0 aliphatic carbocycles. The van der Waals surface area contributed by atoms with Crippen molar-refractivity contribution in [3.63, 3.8) is 0 Å². The maximum absolute atomic E-state index is 12.8. The number of rotatable bonds is 4. The van der Waals surface area contributed by atoms with Gasteiger partial charge in [0, 0.05) is 0 Å². The molecule has 3 rings (SSSR count). The van der Waals surface area contributed by atoms with Gasteiger partial charge in [-0.2, -0.15) is 0 Å². The van der Waals surface area contributed by atoms with Gasteiger partial charge >= 0.3 is 0 Å². The molecule has 0 saturated heterocycles. The third-order valence-corrected chi connectivity index (χ3v) is 5.48. The van der Waals surface area contributed by atoms with Crippen LogP contribution in [-0.2, 0) is 10.0 Å². The van der Waals surface area contributed by atoms with Gasteiger partial charge in [0.15, 0.2) is 0 Å². The van der Waals surface area contributed by atoms with Crippen molar-refractivity contribution in [3.05, 3.63) is 47.3 Å². The van der Waals surface area contributed by atoms with Crippen LogP contribution in [0, 0.1) is 20.8 Å². The zero-order chi connectivity index (χ0) is 17.5. The fourth-order valence-electron chi connectivity index (χ4n) is 2.86. The van der Waals surface area contributed by atoms with Crippen LogP contribution in [0.3, 0.4) is 0 Å². The fraction of sp³-hybridized carbons (Fsp3) is 0.235. The van der Waals surface area contributed by atoms with E-state index in [1.807, 2.05) is 6.92 Å². The van der Waals surface area contributed by atoms with Crippen LogP contribution in [0.1, 0.15) is 17.0 Å². The second-order valence-corrected chi connectivity index (χ2v) is 7.37. The summed E-state index contributed by atoms with van der Waals surface area (Å²) in [6.45, 7) is 5.37. The number of anilines is 1. The highest BCUT2D eigenvalue weighted by atomic mass is 32.2. The lowest BCUT2D eigenvalue weighted by atomic mass is 10.1. The molecule has 0 unspecified atom stereocenters. The first kappa shape index (κ1) is 16.3. The van der Waals surface area contributed by atoms with Crippen molar-refractivity contribution in [1.82, 2.24) is 9.97 Å². The number of methoxy groups -OCH3 is 1. The summed E-state index contributed by atoms with van der Waals surface area (Å²) >= 11 is 0. The standard InChI is InChI=1S/C17H19N3O3S/c1-10-7-14(23-4)8-11(2)17(10)24(21,22)20-13-5-6-15-16(9-13)19-12(3)18-15/h5-9,20H,1-4H3,(H,18,19). The second kappa shape index (κ2) is 5.83. The summed E-state index contributed by atoms with van der Waals surface area (Å²) in [5, 5.41) is 0. The number of H-pyrrole nitrogens is 1. The molecule has 0 aliphatic rings. The average molecular weight is 345 g/mol. The van der Waals surface area contributed by atoms with Crippen molar-refractivity contribution < 1.29 is 13.2 Å². The average Bonchev–Trinajstić information content (AvgIpc) is 2.84. The Balaban J connectivity index is 2.01. The molecule has 1 aromatic heterocycles. The number of nitrogens with one attached hydrogen (secondary N) is 2. The van der Waals surface area contributed by atoms with Gasteiger partial charge in [0.2, 0.25) is 0 Å². The van der Waals surface area contributed by atoms with Crippen molar-refractivity contribution in [2.45, 2.75) is 25.7 Å². The quantitative estimate of drug-likeness (QED) is 0.760. The molecule has 2 N–H and O–H groups in total. The number of fused-ring (bicyclic) bond motifs is 1. The Morgan fingerprint density at radius 3 is 2.38 bits per heavy atom. The lowest BCUT2D eigenvalue weighted by Crippen LogP contribution is -2.15. The molecule has 6 nitrogen and oxygen atoms in total. The minimum atomic E-state index is -3.70. The number of benzene rings is 2. The van der Waals surface area contributed by atoms with Crippen molar-refractivity contribution >= 4 is 26.7 Å². The van der Waals surface area contributed by atoms with Crippen LogP contribution in [0.15, 0.2) is 35.2 Å². The number of imidazole rings is 1. The highest BCUT2D eigenvalue weighted by Gasteiger charge is 2.21. The van der Waals surface area contributed by atoms with E-state index in [0.717, 1.165) is 16.9 Å². The number of aromatic amines is 1. The first-order valence-electron chi connectivity index (χ1n) is 7.44. The lowest BCUT2D eigenvalue weighted by Gasteiger charge is -2.14. The number of hydrogen-bond acceptors (Lipinski definition) is 4. The van der Waals surface area contributed by atoms with Gasteiger partial charge in [-0.25, -0.2) is 13.4 Å². The van der Waals surface area contributed by atoms with Crippen molar-refractivity contribution in [2.24, 2.45) is 0 Å². The van der Waals surface area contributed by atoms with Crippen LogP contribution < -0.4 is 9.46 Å². The first-order valence-corrected chi connectivity index (χ1v) is 8.93. The molecule has 0 atom stereocenters. The third kappa shape index (κ3) is 2.94. The van der Waals surface area contributed by atoms with Gasteiger partial charge in [-0.3, -0.25) is 4.72 Å². The Labute approximate surface area is 140 Å². The summed E-state index contributed by atoms with van der Waals surface area (Å²) in [5.74, 6) is 1.42. The van der Waals surface area contributed by atoms with Gasteiger partial charge < -0.3 is 9.72 Å². The summed E-state index contributed by atoms with van der Waals surface area (Å²) < 4.78 is 33.4. The van der Waals surface area contributed by atoms with Crippen LogP contribution in [0.25, 0.3) is 11.0 Å². The topological polar surface area (TPSA) is 84.1 Å². The summed E-state index contributed by atoms with van der Waals surface area (Å²) in [6, 6.07) is 8.64. The highest BCUT2D eigenvalue weighted by Crippen LogP contribution is 2.28. The third-order valence-electron chi connectivity index (χ3n) is 3.79. The number of nitrogens with zero attached hydrogens (tertiary/aromatic N) is 1. The summed E-state index contributed by atoms with van der Waals surface area (Å²) in [6.07, 6.45) is 0. The number of aromatic nitrogens is 2. The highest BCUT2D eigenvalue weighted by molar-refractivity contribution is 7.92. The molecule has 0 saturated carbocycles. The summed E-state index contributed by atoms with van der Waals surface area (Å²) in [5.41, 5.74) is 3.35. The molecule has 3 aromatic rings. The SMILES string of the molecule is COc1cc(C)c(S(=O)(=O)Nc2ccc3nc(C)[nH]c3c2)c(C)c1. The molecule has 2 aromatic carbocycles. The molecule has 0 fully saturated rings. The van der Waals surface area contributed by atoms with Crippen molar-refractivity contribution in [3.8, 4) is 5.75 Å². The van der Waals surface area contributed by atoms with Crippen LogP contribution in [0.5, 0.6) is 5.75 Å². The predicted octanol–water partition coefficient (Wildman–Crippen LogP) is 3.30. The molecular weight excluding hydrogens is 326 g/mol. The Morgan fingerprint density at radius 1 is 1.08 bits per heavy atom. The zero-order valence-electron chi connectivity index (χ0n) is 14.0. The molecule has 24 heavy (non-hydrogen) atoms. The lowest BCUT2D eigenvalue weighted by molar-refractivity contribution is 0.413. The number of ether oxygens (including phenoxy) is 1. The van der Waals surface area contributed by atoms with E-state index in [9.17, 15) is 8.42 Å². The Kier molecular flexibility index (Phi) is 3.96. The van der Waals surface area contributed by atoms with Gasteiger partial charge in [-0.1, -0.05) is 0 Å². The van der Waals surface area contributed by atoms with E-state index in [2.05, 4.69) is 14.7 Å². The van der Waals surface area contributed by atoms with E-state index >= 15 is 0 Å². The molecule has 0 spiro atoms. The molecule has 0 bridgehead atoms. The van der Waals surface area contributed by atoms with Crippen LogP contribution in [0.2, 0.25) is 0 Å². The first-order chi connectivity index (χ1) is 11.3. The van der Waals surface area contributed by atoms with Gasteiger partial charge in [0.05, 0.1) is 28.7 Å². The van der Waals surface area contributed by atoms with E-state index in [-0.39, 0.29) is 4.90 Å². The fourth-order valence-corrected chi connectivity index (χ4v) is 4.36. The molecule has 0 aliphatic heterocycles. The minimum absolute atomic E-state index is 0.268. The van der Waals surface area contributed by atoms with Gasteiger partial charge in [-0.15, -0.1) is 0 Å². The zero-order valence-corrected chi connectivity index (χ0v) is 14.8. The van der Waals surface area contributed by atoms with E-state index in [0.29, 0.717) is 22.6 Å². The van der Waals surface area contributed by atoms with Gasteiger partial charge in [0.25, 0.3) is 10.0 Å². The Morgan fingerprint density at radius 2 is 1.75 bits per heavy atom. The molecule has 0 radical (unpaired) electrons. The van der Waals surface area contributed by atoms with E-state index in [4.69, 9.17) is 4.74 Å². The monoisotopic (exact) mass is 345 g/mol. The molecule has 0 amide bonds. The number of aryl methyl sites for hydroxylation is 3. The maximum atomic E-state index is 12.8. The number of sulfonamides is 1. The summed E-state index contributed by atoms with van der Waals surface area (Å²) in [4.78, 5) is 7.68. The van der Waals surface area contributed by atoms with Crippen molar-refractivity contribution in [1.29, 1.82) is 0 Å². The summed E-state index contributed by atoms with van der Waals surface area (Å²) in [7, 11) is -2.14. The van der Waals surface area contributed by atoms with E-state index < -0.39 is 10.0 Å². The minimum Gasteiger partial charge on any atom is -0.497 e. The van der Waals surface area contributed by atoms with Crippen LogP contribution in [-0.4, -0.2) is 25.5 Å². The second-order valence-electron chi connectivity index (χ2n) is 5.75. The maximum Gasteiger partial charge on any atom is 0.262 e. The molecule has 7 heteroatoms. The molecule has 126 valence electrons. The van der Waals surface area contributed by atoms with Crippen LogP contribution >= 0.6 is 0 Å². The molecular formula is C17H19N3O3S. The van der Waals surface area contributed by atoms with E-state index in [1.54, 1.807) is 51.3 Å². The Hall–Kier alpha value is -2.54. The largest absolute Gasteiger partial charge is 0.497 e. The Bertz CT molecular complexity index is 1000.